The SMILES string of the molecule is CCOCCN1CCN(c2ncccn2)CC1. The summed E-state index contributed by atoms with van der Waals surface area (Å²) in [6.45, 7) is 8.81. The van der Waals surface area contributed by atoms with Gasteiger partial charge in [-0.05, 0) is 13.0 Å². The molecule has 5 heteroatoms. The van der Waals surface area contributed by atoms with Crippen LogP contribution in [0.1, 0.15) is 6.92 Å². The summed E-state index contributed by atoms with van der Waals surface area (Å²) in [6, 6.07) is 1.85. The van der Waals surface area contributed by atoms with Crippen molar-refractivity contribution in [2.75, 3.05) is 50.8 Å². The molecule has 1 aliphatic rings. The second-order valence-corrected chi connectivity index (χ2v) is 4.07. The number of rotatable bonds is 5. The lowest BCUT2D eigenvalue weighted by Crippen LogP contribution is -2.47. The Bertz CT molecular complexity index is 312. The van der Waals surface area contributed by atoms with Crippen molar-refractivity contribution in [3.63, 3.8) is 0 Å². The zero-order chi connectivity index (χ0) is 11.9. The summed E-state index contributed by atoms with van der Waals surface area (Å²) in [5.41, 5.74) is 0. The van der Waals surface area contributed by atoms with Gasteiger partial charge in [0.2, 0.25) is 5.95 Å². The number of aromatic nitrogens is 2. The molecular formula is C12H20N4O. The van der Waals surface area contributed by atoms with Gasteiger partial charge in [0.1, 0.15) is 0 Å². The number of hydrogen-bond donors (Lipinski definition) is 0. The van der Waals surface area contributed by atoms with Gasteiger partial charge in [0.25, 0.3) is 0 Å². The molecule has 94 valence electrons. The summed E-state index contributed by atoms with van der Waals surface area (Å²) in [7, 11) is 0. The Kier molecular flexibility index (Phi) is 4.70. The minimum atomic E-state index is 0.803. The third-order valence-electron chi connectivity index (χ3n) is 2.96. The summed E-state index contributed by atoms with van der Waals surface area (Å²) >= 11 is 0. The fourth-order valence-corrected chi connectivity index (χ4v) is 1.96. The van der Waals surface area contributed by atoms with Crippen LogP contribution >= 0.6 is 0 Å². The van der Waals surface area contributed by atoms with Crippen molar-refractivity contribution in [3.05, 3.63) is 18.5 Å². The third-order valence-corrected chi connectivity index (χ3v) is 2.96. The van der Waals surface area contributed by atoms with Gasteiger partial charge in [-0.3, -0.25) is 4.90 Å². The zero-order valence-electron chi connectivity index (χ0n) is 10.4. The van der Waals surface area contributed by atoms with Crippen LogP contribution < -0.4 is 4.90 Å². The van der Waals surface area contributed by atoms with Crippen LogP contribution in [-0.4, -0.2) is 60.8 Å². The molecule has 0 radical (unpaired) electrons. The Morgan fingerprint density at radius 2 is 1.88 bits per heavy atom. The minimum Gasteiger partial charge on any atom is -0.380 e. The van der Waals surface area contributed by atoms with Gasteiger partial charge in [0, 0.05) is 51.7 Å². The van der Waals surface area contributed by atoms with E-state index in [0.29, 0.717) is 0 Å². The van der Waals surface area contributed by atoms with Crippen molar-refractivity contribution in [1.29, 1.82) is 0 Å². The Hall–Kier alpha value is -1.20. The highest BCUT2D eigenvalue weighted by molar-refractivity contribution is 5.29. The first-order valence-electron chi connectivity index (χ1n) is 6.22. The van der Waals surface area contributed by atoms with Crippen LogP contribution in [-0.2, 0) is 4.74 Å². The number of piperazine rings is 1. The molecule has 1 aliphatic heterocycles. The zero-order valence-corrected chi connectivity index (χ0v) is 10.4. The molecule has 1 aromatic heterocycles. The molecule has 0 N–H and O–H groups in total. The van der Waals surface area contributed by atoms with Gasteiger partial charge < -0.3 is 9.64 Å². The normalized spacial score (nSPS) is 17.4. The maximum absolute atomic E-state index is 5.37. The van der Waals surface area contributed by atoms with E-state index in [1.807, 2.05) is 13.0 Å². The average molecular weight is 236 g/mol. The van der Waals surface area contributed by atoms with Crippen LogP contribution in [0.15, 0.2) is 18.5 Å². The molecule has 2 rings (SSSR count). The molecule has 0 saturated carbocycles. The second kappa shape index (κ2) is 6.51. The Morgan fingerprint density at radius 3 is 2.53 bits per heavy atom. The number of hydrogen-bond acceptors (Lipinski definition) is 5. The lowest BCUT2D eigenvalue weighted by molar-refractivity contribution is 0.111. The molecule has 1 saturated heterocycles. The Morgan fingerprint density at radius 1 is 1.18 bits per heavy atom. The van der Waals surface area contributed by atoms with Crippen molar-refractivity contribution < 1.29 is 4.74 Å². The predicted molar refractivity (Wildman–Crippen MR) is 67.2 cm³/mol. The molecule has 0 spiro atoms. The van der Waals surface area contributed by atoms with Gasteiger partial charge in [0.05, 0.1) is 6.61 Å². The molecule has 1 fully saturated rings. The van der Waals surface area contributed by atoms with Crippen molar-refractivity contribution >= 4 is 5.95 Å². The van der Waals surface area contributed by atoms with E-state index >= 15 is 0 Å². The first-order valence-corrected chi connectivity index (χ1v) is 6.22. The van der Waals surface area contributed by atoms with Crippen LogP contribution in [0.4, 0.5) is 5.95 Å². The lowest BCUT2D eigenvalue weighted by atomic mass is 10.3. The van der Waals surface area contributed by atoms with E-state index in [9.17, 15) is 0 Å². The summed E-state index contributed by atoms with van der Waals surface area (Å²) in [4.78, 5) is 13.2. The maximum Gasteiger partial charge on any atom is 0.225 e. The third kappa shape index (κ3) is 3.64. The highest BCUT2D eigenvalue weighted by Gasteiger charge is 2.17. The molecule has 0 bridgehead atoms. The van der Waals surface area contributed by atoms with E-state index in [1.165, 1.54) is 0 Å². The van der Waals surface area contributed by atoms with Gasteiger partial charge >= 0.3 is 0 Å². The molecule has 2 heterocycles. The lowest BCUT2D eigenvalue weighted by Gasteiger charge is -2.34. The topological polar surface area (TPSA) is 41.5 Å². The van der Waals surface area contributed by atoms with Gasteiger partial charge in [-0.1, -0.05) is 0 Å². The molecule has 0 unspecified atom stereocenters. The van der Waals surface area contributed by atoms with Crippen LogP contribution in [0, 0.1) is 0 Å². The maximum atomic E-state index is 5.37. The molecule has 1 aromatic rings. The minimum absolute atomic E-state index is 0.803. The highest BCUT2D eigenvalue weighted by atomic mass is 16.5. The fraction of sp³-hybridized carbons (Fsp3) is 0.667. The van der Waals surface area contributed by atoms with Crippen LogP contribution in [0.3, 0.4) is 0 Å². The molecule has 0 atom stereocenters. The first kappa shape index (κ1) is 12.3. The van der Waals surface area contributed by atoms with Crippen molar-refractivity contribution in [2.24, 2.45) is 0 Å². The highest BCUT2D eigenvalue weighted by Crippen LogP contribution is 2.09. The van der Waals surface area contributed by atoms with E-state index in [-0.39, 0.29) is 0 Å². The van der Waals surface area contributed by atoms with Crippen molar-refractivity contribution in [1.82, 2.24) is 14.9 Å². The summed E-state index contributed by atoms with van der Waals surface area (Å²) < 4.78 is 5.37. The smallest absolute Gasteiger partial charge is 0.225 e. The number of ether oxygens (including phenoxy) is 1. The molecule has 5 nitrogen and oxygen atoms in total. The Labute approximate surface area is 102 Å². The average Bonchev–Trinajstić information content (AvgIpc) is 2.41. The Balaban J connectivity index is 1.74. The molecule has 0 amide bonds. The molecular weight excluding hydrogens is 216 g/mol. The largest absolute Gasteiger partial charge is 0.380 e. The van der Waals surface area contributed by atoms with Crippen molar-refractivity contribution in [2.45, 2.75) is 6.92 Å². The van der Waals surface area contributed by atoms with E-state index in [2.05, 4.69) is 19.8 Å². The summed E-state index contributed by atoms with van der Waals surface area (Å²) in [6.07, 6.45) is 3.59. The molecule has 0 aliphatic carbocycles. The standard InChI is InChI=1S/C12H20N4O/c1-2-17-11-10-15-6-8-16(9-7-15)12-13-4-3-5-14-12/h3-5H,2,6-11H2,1H3. The first-order chi connectivity index (χ1) is 8.40. The van der Waals surface area contributed by atoms with Gasteiger partial charge in [-0.15, -0.1) is 0 Å². The van der Waals surface area contributed by atoms with Crippen LogP contribution in [0.2, 0.25) is 0 Å². The van der Waals surface area contributed by atoms with Gasteiger partial charge in [-0.25, -0.2) is 9.97 Å². The van der Waals surface area contributed by atoms with Gasteiger partial charge in [-0.2, -0.15) is 0 Å². The van der Waals surface area contributed by atoms with Gasteiger partial charge in [0.15, 0.2) is 0 Å². The van der Waals surface area contributed by atoms with E-state index in [0.717, 1.165) is 51.9 Å². The van der Waals surface area contributed by atoms with E-state index in [4.69, 9.17) is 4.74 Å². The van der Waals surface area contributed by atoms with E-state index < -0.39 is 0 Å². The molecule has 17 heavy (non-hydrogen) atoms. The fourth-order valence-electron chi connectivity index (χ4n) is 1.96. The summed E-state index contributed by atoms with van der Waals surface area (Å²) in [5.74, 6) is 0.844. The summed E-state index contributed by atoms with van der Waals surface area (Å²) in [5, 5.41) is 0. The second-order valence-electron chi connectivity index (χ2n) is 4.07. The quantitative estimate of drug-likeness (QED) is 0.702. The van der Waals surface area contributed by atoms with Crippen LogP contribution in [0.25, 0.3) is 0 Å². The number of nitrogens with zero attached hydrogens (tertiary/aromatic N) is 4. The predicted octanol–water partition coefficient (Wildman–Crippen LogP) is 0.635. The monoisotopic (exact) mass is 236 g/mol. The molecule has 0 aromatic carbocycles. The number of anilines is 1. The van der Waals surface area contributed by atoms with E-state index in [1.54, 1.807) is 12.4 Å². The van der Waals surface area contributed by atoms with Crippen molar-refractivity contribution in [3.8, 4) is 0 Å². The van der Waals surface area contributed by atoms with Crippen LogP contribution in [0.5, 0.6) is 0 Å².